The van der Waals surface area contributed by atoms with Gasteiger partial charge in [0, 0.05) is 18.4 Å². The van der Waals surface area contributed by atoms with Crippen molar-refractivity contribution >= 4 is 11.8 Å². The number of hydrogen-bond acceptors (Lipinski definition) is 2. The van der Waals surface area contributed by atoms with Crippen LogP contribution in [0.25, 0.3) is 0 Å². The summed E-state index contributed by atoms with van der Waals surface area (Å²) in [6.45, 7) is 6.51. The highest BCUT2D eigenvalue weighted by Gasteiger charge is 2.07. The van der Waals surface area contributed by atoms with Gasteiger partial charge in [-0.1, -0.05) is 53.3 Å². The Hall–Kier alpha value is -0.990. The van der Waals surface area contributed by atoms with E-state index in [1.54, 1.807) is 18.9 Å². The molecule has 0 aromatic heterocycles. The number of methoxy groups -OCH3 is 1. The molecule has 1 nitrogen and oxygen atoms in total. The monoisotopic (exact) mass is 290 g/mol. The minimum absolute atomic E-state index is 0.191. The van der Waals surface area contributed by atoms with E-state index >= 15 is 0 Å². The molecule has 0 saturated heterocycles. The molecule has 0 radical (unpaired) electrons. The van der Waals surface area contributed by atoms with Gasteiger partial charge in [-0.2, -0.15) is 0 Å². The van der Waals surface area contributed by atoms with Gasteiger partial charge in [0.25, 0.3) is 0 Å². The maximum absolute atomic E-state index is 5.55. The number of rotatable bonds is 8. The molecular formula is C18H26OS. The van der Waals surface area contributed by atoms with Crippen LogP contribution in [0, 0.1) is 0 Å². The summed E-state index contributed by atoms with van der Waals surface area (Å²) >= 11 is 1.78. The van der Waals surface area contributed by atoms with Gasteiger partial charge in [0.05, 0.1) is 0 Å². The third kappa shape index (κ3) is 7.56. The van der Waals surface area contributed by atoms with Crippen molar-refractivity contribution in [3.05, 3.63) is 53.6 Å². The van der Waals surface area contributed by atoms with Gasteiger partial charge in [0.2, 0.25) is 0 Å². The highest BCUT2D eigenvalue weighted by atomic mass is 32.2. The normalized spacial score (nSPS) is 13.1. The zero-order valence-electron chi connectivity index (χ0n) is 13.1. The lowest BCUT2D eigenvalue weighted by Crippen LogP contribution is -2.03. The zero-order valence-corrected chi connectivity index (χ0v) is 13.9. The first-order chi connectivity index (χ1) is 9.61. The molecule has 0 N–H and O–H groups in total. The minimum Gasteiger partial charge on any atom is -0.370 e. The molecule has 0 spiro atoms. The Morgan fingerprint density at radius 1 is 1.15 bits per heavy atom. The van der Waals surface area contributed by atoms with E-state index in [2.05, 4.69) is 57.2 Å². The van der Waals surface area contributed by atoms with Gasteiger partial charge in [0.1, 0.15) is 5.44 Å². The number of benzene rings is 1. The fourth-order valence-corrected chi connectivity index (χ4v) is 2.74. The second-order valence-electron chi connectivity index (χ2n) is 5.20. The first-order valence-corrected chi connectivity index (χ1v) is 8.03. The van der Waals surface area contributed by atoms with E-state index in [9.17, 15) is 0 Å². The van der Waals surface area contributed by atoms with Crippen molar-refractivity contribution in [2.24, 2.45) is 0 Å². The molecule has 0 bridgehead atoms. The van der Waals surface area contributed by atoms with Gasteiger partial charge in [-0.15, -0.1) is 0 Å². The van der Waals surface area contributed by atoms with Gasteiger partial charge < -0.3 is 4.74 Å². The molecule has 20 heavy (non-hydrogen) atoms. The summed E-state index contributed by atoms with van der Waals surface area (Å²) in [4.78, 5) is 1.26. The second-order valence-corrected chi connectivity index (χ2v) is 6.44. The molecule has 0 fully saturated rings. The maximum Gasteiger partial charge on any atom is 0.110 e. The van der Waals surface area contributed by atoms with Crippen LogP contribution in [0.4, 0.5) is 0 Å². The number of ether oxygens (including phenoxy) is 1. The fourth-order valence-electron chi connectivity index (χ4n) is 1.83. The van der Waals surface area contributed by atoms with Crippen molar-refractivity contribution < 1.29 is 4.74 Å². The molecular weight excluding hydrogens is 264 g/mol. The summed E-state index contributed by atoms with van der Waals surface area (Å²) < 4.78 is 5.55. The van der Waals surface area contributed by atoms with Gasteiger partial charge in [0.15, 0.2) is 0 Å². The van der Waals surface area contributed by atoms with E-state index in [1.165, 1.54) is 16.0 Å². The number of hydrogen-bond donors (Lipinski definition) is 0. The van der Waals surface area contributed by atoms with Gasteiger partial charge in [-0.3, -0.25) is 0 Å². The quantitative estimate of drug-likeness (QED) is 0.338. The van der Waals surface area contributed by atoms with E-state index in [1.807, 2.05) is 6.07 Å². The van der Waals surface area contributed by atoms with E-state index in [-0.39, 0.29) is 5.44 Å². The number of thioether (sulfide) groups is 1. The average Bonchev–Trinajstić information content (AvgIpc) is 2.44. The summed E-state index contributed by atoms with van der Waals surface area (Å²) in [5, 5.41) is 0. The smallest absolute Gasteiger partial charge is 0.110 e. The predicted molar refractivity (Wildman–Crippen MR) is 90.1 cm³/mol. The van der Waals surface area contributed by atoms with Crippen LogP contribution in [0.5, 0.6) is 0 Å². The summed E-state index contributed by atoms with van der Waals surface area (Å²) in [5.74, 6) is 0. The third-order valence-electron chi connectivity index (χ3n) is 3.02. The van der Waals surface area contributed by atoms with Crippen LogP contribution in [0.15, 0.2) is 58.5 Å². The van der Waals surface area contributed by atoms with E-state index in [0.29, 0.717) is 0 Å². The molecule has 1 atom stereocenters. The van der Waals surface area contributed by atoms with Crippen molar-refractivity contribution in [3.8, 4) is 0 Å². The summed E-state index contributed by atoms with van der Waals surface area (Å²) in [7, 11) is 1.78. The lowest BCUT2D eigenvalue weighted by Gasteiger charge is -2.13. The van der Waals surface area contributed by atoms with E-state index < -0.39 is 0 Å². The topological polar surface area (TPSA) is 9.23 Å². The Morgan fingerprint density at radius 3 is 2.45 bits per heavy atom. The Kier molecular flexibility index (Phi) is 8.40. The standard InChI is InChI=1S/C18H26OS/c1-15(2)9-8-10-16(3)13-14-18(19-4)20-17-11-6-5-7-12-17/h5-7,9,11-13,18H,8,10,14H2,1-4H3/b16-13+. The van der Waals surface area contributed by atoms with Gasteiger partial charge >= 0.3 is 0 Å². The highest BCUT2D eigenvalue weighted by Crippen LogP contribution is 2.26. The first kappa shape index (κ1) is 17.1. The Bertz CT molecular complexity index is 430. The van der Waals surface area contributed by atoms with Crippen LogP contribution in [-0.2, 0) is 4.74 Å². The van der Waals surface area contributed by atoms with Crippen molar-refractivity contribution in [1.82, 2.24) is 0 Å². The SMILES string of the molecule is COC(C/C=C(\C)CCC=C(C)C)Sc1ccccc1. The average molecular weight is 290 g/mol. The van der Waals surface area contributed by atoms with Gasteiger partial charge in [-0.05, 0) is 45.7 Å². The lowest BCUT2D eigenvalue weighted by atomic mass is 10.1. The molecule has 2 heteroatoms. The third-order valence-corrected chi connectivity index (χ3v) is 4.22. The predicted octanol–water partition coefficient (Wildman–Crippen LogP) is 5.83. The van der Waals surface area contributed by atoms with Crippen LogP contribution in [0.3, 0.4) is 0 Å². The molecule has 1 unspecified atom stereocenters. The Morgan fingerprint density at radius 2 is 1.85 bits per heavy atom. The maximum atomic E-state index is 5.55. The molecule has 1 aromatic rings. The molecule has 0 amide bonds. The molecule has 0 saturated carbocycles. The van der Waals surface area contributed by atoms with Crippen LogP contribution < -0.4 is 0 Å². The molecule has 0 aliphatic heterocycles. The first-order valence-electron chi connectivity index (χ1n) is 7.15. The second kappa shape index (κ2) is 9.84. The van der Waals surface area contributed by atoms with E-state index in [4.69, 9.17) is 4.74 Å². The van der Waals surface area contributed by atoms with Crippen LogP contribution in [-0.4, -0.2) is 12.5 Å². The minimum atomic E-state index is 0.191. The summed E-state index contributed by atoms with van der Waals surface area (Å²) in [6, 6.07) is 10.4. The number of allylic oxidation sites excluding steroid dienone is 3. The summed E-state index contributed by atoms with van der Waals surface area (Å²) in [6.07, 6.45) is 7.83. The molecule has 0 heterocycles. The van der Waals surface area contributed by atoms with Crippen molar-refractivity contribution in [1.29, 1.82) is 0 Å². The van der Waals surface area contributed by atoms with E-state index in [0.717, 1.165) is 19.3 Å². The molecule has 110 valence electrons. The molecule has 1 rings (SSSR count). The molecule has 0 aliphatic carbocycles. The van der Waals surface area contributed by atoms with Crippen LogP contribution in [0.1, 0.15) is 40.0 Å². The Balaban J connectivity index is 2.42. The zero-order chi connectivity index (χ0) is 14.8. The Labute approximate surface area is 128 Å². The van der Waals surface area contributed by atoms with Crippen LogP contribution in [0.2, 0.25) is 0 Å². The van der Waals surface area contributed by atoms with Crippen molar-refractivity contribution in [2.75, 3.05) is 7.11 Å². The van der Waals surface area contributed by atoms with Gasteiger partial charge in [-0.25, -0.2) is 0 Å². The van der Waals surface area contributed by atoms with Crippen molar-refractivity contribution in [2.45, 2.75) is 50.4 Å². The molecule has 1 aromatic carbocycles. The highest BCUT2D eigenvalue weighted by molar-refractivity contribution is 7.99. The lowest BCUT2D eigenvalue weighted by molar-refractivity contribution is 0.175. The van der Waals surface area contributed by atoms with Crippen molar-refractivity contribution in [3.63, 3.8) is 0 Å². The summed E-state index contributed by atoms with van der Waals surface area (Å²) in [5.41, 5.74) is 3.03. The van der Waals surface area contributed by atoms with Crippen LogP contribution >= 0.6 is 11.8 Å². The molecule has 0 aliphatic rings. The fraction of sp³-hybridized carbons (Fsp3) is 0.444. The largest absolute Gasteiger partial charge is 0.370 e.